The maximum absolute atomic E-state index is 12.6. The summed E-state index contributed by atoms with van der Waals surface area (Å²) in [4.78, 5) is 24.3. The van der Waals surface area contributed by atoms with Gasteiger partial charge >= 0.3 is 0 Å². The molecule has 0 aliphatic rings. The Balaban J connectivity index is 2.61. The molecule has 0 unspecified atom stereocenters. The second-order valence-electron chi connectivity index (χ2n) is 4.43. The smallest absolute Gasteiger partial charge is 0.258 e. The number of rotatable bonds is 3. The van der Waals surface area contributed by atoms with Crippen molar-refractivity contribution in [2.24, 2.45) is 5.73 Å². The van der Waals surface area contributed by atoms with Crippen LogP contribution < -0.4 is 11.1 Å². The maximum Gasteiger partial charge on any atom is 0.258 e. The van der Waals surface area contributed by atoms with Crippen LogP contribution in [-0.4, -0.2) is 11.8 Å². The van der Waals surface area contributed by atoms with Crippen LogP contribution in [0.1, 0.15) is 20.7 Å². The van der Waals surface area contributed by atoms with Gasteiger partial charge in [0.15, 0.2) is 0 Å². The zero-order valence-electron chi connectivity index (χ0n) is 11.4. The van der Waals surface area contributed by atoms with Gasteiger partial charge in [-0.1, -0.05) is 75.7 Å². The summed E-state index contributed by atoms with van der Waals surface area (Å²) in [6.45, 7) is 0. The highest BCUT2D eigenvalue weighted by Crippen LogP contribution is 2.42. The van der Waals surface area contributed by atoms with Crippen LogP contribution in [0.5, 0.6) is 0 Å². The van der Waals surface area contributed by atoms with Crippen molar-refractivity contribution in [2.75, 3.05) is 5.32 Å². The molecule has 0 saturated heterocycles. The largest absolute Gasteiger partial charge is 0.366 e. The molecule has 4 nitrogen and oxygen atoms in total. The summed E-state index contributed by atoms with van der Waals surface area (Å²) in [6.07, 6.45) is 0. The molecular weight excluding hydrogens is 441 g/mol. The van der Waals surface area contributed by atoms with E-state index < -0.39 is 11.8 Å². The molecule has 0 spiro atoms. The minimum Gasteiger partial charge on any atom is -0.366 e. The molecule has 3 N–H and O–H groups in total. The van der Waals surface area contributed by atoms with Crippen LogP contribution in [0.3, 0.4) is 0 Å². The highest BCUT2D eigenvalue weighted by Gasteiger charge is 2.28. The van der Waals surface area contributed by atoms with Gasteiger partial charge < -0.3 is 11.1 Å². The van der Waals surface area contributed by atoms with Gasteiger partial charge in [0.1, 0.15) is 0 Å². The van der Waals surface area contributed by atoms with Crippen LogP contribution in [0.15, 0.2) is 18.2 Å². The molecule has 0 aliphatic carbocycles. The Labute approximate surface area is 166 Å². The first-order valence-corrected chi connectivity index (χ1v) is 8.34. The minimum atomic E-state index is -0.997. The van der Waals surface area contributed by atoms with Gasteiger partial charge in [-0.05, 0) is 12.1 Å². The first kappa shape index (κ1) is 19.4. The van der Waals surface area contributed by atoms with Gasteiger partial charge in [-0.15, -0.1) is 0 Å². The number of nitrogens with one attached hydrogen (secondary N) is 1. The predicted molar refractivity (Wildman–Crippen MR) is 99.4 cm³/mol. The number of nitrogens with two attached hydrogens (primary N) is 1. The van der Waals surface area contributed by atoms with E-state index in [2.05, 4.69) is 5.32 Å². The Morgan fingerprint density at radius 2 is 1.33 bits per heavy atom. The van der Waals surface area contributed by atoms with Crippen molar-refractivity contribution in [1.29, 1.82) is 0 Å². The molecule has 0 atom stereocenters. The number of primary amides is 1. The van der Waals surface area contributed by atoms with Crippen molar-refractivity contribution in [3.05, 3.63) is 59.5 Å². The number of carbonyl (C=O) groups excluding carboxylic acids is 2. The van der Waals surface area contributed by atoms with E-state index >= 15 is 0 Å². The normalized spacial score (nSPS) is 10.6. The van der Waals surface area contributed by atoms with E-state index in [1.807, 2.05) is 0 Å². The second kappa shape index (κ2) is 7.56. The van der Waals surface area contributed by atoms with Crippen LogP contribution in [0.2, 0.25) is 30.1 Å². The molecule has 0 saturated carbocycles. The topological polar surface area (TPSA) is 72.2 Å². The third-order valence-electron chi connectivity index (χ3n) is 2.94. The molecule has 10 heteroatoms. The third kappa shape index (κ3) is 3.54. The quantitative estimate of drug-likeness (QED) is 0.451. The van der Waals surface area contributed by atoms with E-state index in [9.17, 15) is 9.59 Å². The van der Waals surface area contributed by atoms with Crippen molar-refractivity contribution in [3.63, 3.8) is 0 Å². The first-order chi connectivity index (χ1) is 11.2. The van der Waals surface area contributed by atoms with Crippen LogP contribution >= 0.6 is 69.6 Å². The summed E-state index contributed by atoms with van der Waals surface area (Å²) in [5.74, 6) is -1.80. The Morgan fingerprint density at radius 1 is 0.792 bits per heavy atom. The molecule has 2 amide bonds. The lowest BCUT2D eigenvalue weighted by Crippen LogP contribution is -2.22. The summed E-state index contributed by atoms with van der Waals surface area (Å²) in [7, 11) is 0. The molecule has 2 rings (SSSR count). The highest BCUT2D eigenvalue weighted by atomic mass is 35.5. The fraction of sp³-hybridized carbons (Fsp3) is 0. The van der Waals surface area contributed by atoms with Gasteiger partial charge in [0, 0.05) is 0 Å². The van der Waals surface area contributed by atoms with Gasteiger partial charge in [-0.25, -0.2) is 0 Å². The molecule has 0 radical (unpaired) electrons. The number of carbonyl (C=O) groups is 2. The Bertz CT molecular complexity index is 869. The Morgan fingerprint density at radius 3 is 1.88 bits per heavy atom. The highest BCUT2D eigenvalue weighted by molar-refractivity contribution is 6.54. The van der Waals surface area contributed by atoms with Crippen molar-refractivity contribution in [3.8, 4) is 0 Å². The molecule has 0 aromatic heterocycles. The predicted octanol–water partition coefficient (Wildman–Crippen LogP) is 5.96. The Hall–Kier alpha value is -0.880. The van der Waals surface area contributed by atoms with Gasteiger partial charge in [0.05, 0.1) is 47.0 Å². The number of amides is 2. The zero-order valence-corrected chi connectivity index (χ0v) is 15.9. The lowest BCUT2D eigenvalue weighted by Gasteiger charge is -2.15. The molecule has 0 fully saturated rings. The summed E-state index contributed by atoms with van der Waals surface area (Å²) in [5, 5.41) is 1.89. The molecule has 2 aromatic carbocycles. The lowest BCUT2D eigenvalue weighted by molar-refractivity contribution is 0.0977. The van der Waals surface area contributed by atoms with E-state index in [-0.39, 0.29) is 47.0 Å². The molecular formula is C14H6Cl6N2O2. The van der Waals surface area contributed by atoms with Gasteiger partial charge in [0.25, 0.3) is 11.8 Å². The molecule has 2 aromatic rings. The summed E-state index contributed by atoms with van der Waals surface area (Å²) < 4.78 is 0. The molecule has 0 bridgehead atoms. The van der Waals surface area contributed by atoms with Crippen LogP contribution in [-0.2, 0) is 0 Å². The summed E-state index contributed by atoms with van der Waals surface area (Å²) in [5.41, 5.74) is 4.80. The lowest BCUT2D eigenvalue weighted by atomic mass is 10.1. The fourth-order valence-corrected chi connectivity index (χ4v) is 3.24. The van der Waals surface area contributed by atoms with Crippen molar-refractivity contribution in [2.45, 2.75) is 0 Å². The third-order valence-corrected chi connectivity index (χ3v) is 5.56. The average molecular weight is 447 g/mol. The number of hydrogen-bond donors (Lipinski definition) is 2. The maximum atomic E-state index is 12.6. The minimum absolute atomic E-state index is 0.107. The SMILES string of the molecule is NC(=O)c1c(Cl)c(Cl)c(Cl)c(Cl)c1C(=O)Nc1cccc(Cl)c1Cl. The van der Waals surface area contributed by atoms with E-state index in [1.54, 1.807) is 6.07 Å². The van der Waals surface area contributed by atoms with Crippen LogP contribution in [0.4, 0.5) is 5.69 Å². The number of halogens is 6. The fourth-order valence-electron chi connectivity index (χ4n) is 1.86. The molecule has 126 valence electrons. The van der Waals surface area contributed by atoms with Crippen molar-refractivity contribution >= 4 is 87.1 Å². The van der Waals surface area contributed by atoms with Crippen molar-refractivity contribution in [1.82, 2.24) is 0 Å². The number of hydrogen-bond acceptors (Lipinski definition) is 2. The summed E-state index contributed by atoms with van der Waals surface area (Å²) in [6, 6.07) is 4.61. The van der Waals surface area contributed by atoms with E-state index in [0.29, 0.717) is 0 Å². The van der Waals surface area contributed by atoms with E-state index in [4.69, 9.17) is 75.3 Å². The average Bonchev–Trinajstić information content (AvgIpc) is 2.52. The molecule has 0 heterocycles. The van der Waals surface area contributed by atoms with E-state index in [0.717, 1.165) is 0 Å². The standard InChI is InChI=1S/C14H6Cl6N2O2/c15-4-2-1-3-5(8(4)16)22-14(24)7-6(13(21)23)9(17)11(19)12(20)10(7)18/h1-3H,(H2,21,23)(H,22,24). The van der Waals surface area contributed by atoms with Gasteiger partial charge in [0.2, 0.25) is 0 Å². The second-order valence-corrected chi connectivity index (χ2v) is 6.72. The van der Waals surface area contributed by atoms with Gasteiger partial charge in [-0.3, -0.25) is 9.59 Å². The Kier molecular flexibility index (Phi) is 6.13. The summed E-state index contributed by atoms with van der Waals surface area (Å²) >= 11 is 35.7. The van der Waals surface area contributed by atoms with Crippen LogP contribution in [0.25, 0.3) is 0 Å². The molecule has 0 aliphatic heterocycles. The van der Waals surface area contributed by atoms with Crippen LogP contribution in [0, 0.1) is 0 Å². The van der Waals surface area contributed by atoms with Gasteiger partial charge in [-0.2, -0.15) is 0 Å². The van der Waals surface area contributed by atoms with E-state index in [1.165, 1.54) is 12.1 Å². The molecule has 24 heavy (non-hydrogen) atoms. The monoisotopic (exact) mass is 444 g/mol. The number of benzene rings is 2. The number of anilines is 1. The first-order valence-electron chi connectivity index (χ1n) is 6.07. The van der Waals surface area contributed by atoms with Crippen molar-refractivity contribution < 1.29 is 9.59 Å². The zero-order chi connectivity index (χ0) is 18.2.